The van der Waals surface area contributed by atoms with E-state index in [1.54, 1.807) is 0 Å². The maximum Gasteiger partial charge on any atom is 0.224 e. The van der Waals surface area contributed by atoms with Gasteiger partial charge >= 0.3 is 0 Å². The highest BCUT2D eigenvalue weighted by molar-refractivity contribution is 7.88. The van der Waals surface area contributed by atoms with Crippen LogP contribution in [0, 0.1) is 5.92 Å². The Morgan fingerprint density at radius 2 is 2.04 bits per heavy atom. The quantitative estimate of drug-likeness (QED) is 0.750. The fourth-order valence-corrected chi connectivity index (χ4v) is 3.85. The maximum absolute atomic E-state index is 12.2. The van der Waals surface area contributed by atoms with E-state index < -0.39 is 10.0 Å². The standard InChI is InChI=1S/C17H27N3O3S/c1-19(16-9-4-3-5-10-16)12-7-11-18-17(21)15-8-6-13-20(14-15)24(2,22)23/h3-5,9-10,15H,6-8,11-14H2,1-2H3,(H,18,21)/t15-/m0/s1. The summed E-state index contributed by atoms with van der Waals surface area (Å²) in [7, 11) is -1.18. The number of amides is 1. The molecule has 6 nitrogen and oxygen atoms in total. The molecule has 0 bridgehead atoms. The van der Waals surface area contributed by atoms with E-state index in [2.05, 4.69) is 22.3 Å². The maximum atomic E-state index is 12.2. The molecule has 1 aliphatic rings. The molecule has 1 aromatic carbocycles. The fraction of sp³-hybridized carbons (Fsp3) is 0.588. The molecule has 0 unspecified atom stereocenters. The SMILES string of the molecule is CN(CCCNC(=O)[C@H]1CCCN(S(C)(=O)=O)C1)c1ccccc1. The number of piperidine rings is 1. The van der Waals surface area contributed by atoms with E-state index in [0.29, 0.717) is 19.6 Å². The number of sulfonamides is 1. The number of nitrogens with zero attached hydrogens (tertiary/aromatic N) is 2. The van der Waals surface area contributed by atoms with Crippen LogP contribution in [0.1, 0.15) is 19.3 Å². The largest absolute Gasteiger partial charge is 0.375 e. The molecule has 1 aliphatic heterocycles. The van der Waals surface area contributed by atoms with Gasteiger partial charge in [0.2, 0.25) is 15.9 Å². The number of anilines is 1. The first-order valence-electron chi connectivity index (χ1n) is 8.37. The zero-order valence-electron chi connectivity index (χ0n) is 14.4. The van der Waals surface area contributed by atoms with Gasteiger partial charge in [-0.1, -0.05) is 18.2 Å². The second-order valence-corrected chi connectivity index (χ2v) is 8.34. The Morgan fingerprint density at radius 1 is 1.33 bits per heavy atom. The van der Waals surface area contributed by atoms with Crippen molar-refractivity contribution in [1.29, 1.82) is 0 Å². The third-order valence-corrected chi connectivity index (χ3v) is 5.66. The molecular formula is C17H27N3O3S. The lowest BCUT2D eigenvalue weighted by atomic mass is 9.99. The molecule has 7 heteroatoms. The van der Waals surface area contributed by atoms with Crippen LogP contribution < -0.4 is 10.2 Å². The number of hydrogen-bond donors (Lipinski definition) is 1. The van der Waals surface area contributed by atoms with Crippen molar-refractivity contribution in [2.45, 2.75) is 19.3 Å². The van der Waals surface area contributed by atoms with Crippen molar-refractivity contribution in [3.63, 3.8) is 0 Å². The van der Waals surface area contributed by atoms with E-state index in [-0.39, 0.29) is 11.8 Å². The third kappa shape index (κ3) is 5.49. The Balaban J connectivity index is 1.71. The van der Waals surface area contributed by atoms with Gasteiger partial charge in [-0.2, -0.15) is 0 Å². The van der Waals surface area contributed by atoms with Gasteiger partial charge in [0.05, 0.1) is 12.2 Å². The smallest absolute Gasteiger partial charge is 0.224 e. The molecule has 1 amide bonds. The van der Waals surface area contributed by atoms with Crippen molar-refractivity contribution in [2.75, 3.05) is 44.4 Å². The summed E-state index contributed by atoms with van der Waals surface area (Å²) in [6.07, 6.45) is 3.54. The normalized spacial score (nSPS) is 19.0. The van der Waals surface area contributed by atoms with Gasteiger partial charge in [0.1, 0.15) is 0 Å². The highest BCUT2D eigenvalue weighted by Gasteiger charge is 2.29. The van der Waals surface area contributed by atoms with Gasteiger partial charge in [0.15, 0.2) is 0 Å². The lowest BCUT2D eigenvalue weighted by molar-refractivity contribution is -0.126. The van der Waals surface area contributed by atoms with E-state index in [1.807, 2.05) is 25.2 Å². The van der Waals surface area contributed by atoms with Gasteiger partial charge < -0.3 is 10.2 Å². The lowest BCUT2D eigenvalue weighted by Crippen LogP contribution is -2.45. The van der Waals surface area contributed by atoms with Crippen molar-refractivity contribution in [3.05, 3.63) is 30.3 Å². The van der Waals surface area contributed by atoms with Crippen LogP contribution in [-0.4, -0.2) is 58.1 Å². The first-order valence-corrected chi connectivity index (χ1v) is 10.2. The van der Waals surface area contributed by atoms with Gasteiger partial charge in [0.25, 0.3) is 0 Å². The first kappa shape index (κ1) is 18.7. The summed E-state index contributed by atoms with van der Waals surface area (Å²) in [5.74, 6) is -0.272. The van der Waals surface area contributed by atoms with Crippen molar-refractivity contribution in [2.24, 2.45) is 5.92 Å². The van der Waals surface area contributed by atoms with E-state index in [0.717, 1.165) is 31.5 Å². The van der Waals surface area contributed by atoms with E-state index in [4.69, 9.17) is 0 Å². The average molecular weight is 353 g/mol. The summed E-state index contributed by atoms with van der Waals surface area (Å²) in [6, 6.07) is 10.1. The van der Waals surface area contributed by atoms with E-state index in [1.165, 1.54) is 10.6 Å². The molecule has 0 spiro atoms. The highest BCUT2D eigenvalue weighted by atomic mass is 32.2. The van der Waals surface area contributed by atoms with Gasteiger partial charge in [-0.25, -0.2) is 12.7 Å². The lowest BCUT2D eigenvalue weighted by Gasteiger charge is -2.30. The molecule has 0 aromatic heterocycles. The van der Waals surface area contributed by atoms with Crippen LogP contribution in [0.5, 0.6) is 0 Å². The molecule has 1 aromatic rings. The Bertz CT molecular complexity index is 634. The molecule has 134 valence electrons. The van der Waals surface area contributed by atoms with Crippen LogP contribution in [-0.2, 0) is 14.8 Å². The van der Waals surface area contributed by atoms with Crippen LogP contribution >= 0.6 is 0 Å². The van der Waals surface area contributed by atoms with Crippen LogP contribution in [0.3, 0.4) is 0 Å². The van der Waals surface area contributed by atoms with Gasteiger partial charge in [-0.05, 0) is 31.4 Å². The summed E-state index contributed by atoms with van der Waals surface area (Å²) >= 11 is 0. The van der Waals surface area contributed by atoms with Gasteiger partial charge in [0, 0.05) is 38.9 Å². The molecule has 1 fully saturated rings. The molecule has 1 N–H and O–H groups in total. The number of hydrogen-bond acceptors (Lipinski definition) is 4. The summed E-state index contributed by atoms with van der Waals surface area (Å²) in [5, 5.41) is 2.94. The van der Waals surface area contributed by atoms with Gasteiger partial charge in [-0.3, -0.25) is 4.79 Å². The number of carbonyl (C=O) groups is 1. The molecule has 0 saturated carbocycles. The average Bonchev–Trinajstić information content (AvgIpc) is 2.58. The monoisotopic (exact) mass is 353 g/mol. The number of para-hydroxylation sites is 1. The minimum atomic E-state index is -3.21. The second kappa shape index (κ2) is 8.48. The molecule has 2 rings (SSSR count). The second-order valence-electron chi connectivity index (χ2n) is 6.36. The first-order chi connectivity index (χ1) is 11.4. The predicted molar refractivity (Wildman–Crippen MR) is 96.5 cm³/mol. The molecule has 1 atom stereocenters. The fourth-order valence-electron chi connectivity index (χ4n) is 2.94. The number of nitrogens with one attached hydrogen (secondary N) is 1. The van der Waals surface area contributed by atoms with Crippen LogP contribution in [0.2, 0.25) is 0 Å². The van der Waals surface area contributed by atoms with Crippen molar-refractivity contribution in [1.82, 2.24) is 9.62 Å². The van der Waals surface area contributed by atoms with Crippen LogP contribution in [0.25, 0.3) is 0 Å². The molecule has 1 heterocycles. The molecule has 0 radical (unpaired) electrons. The minimum Gasteiger partial charge on any atom is -0.375 e. The van der Waals surface area contributed by atoms with E-state index in [9.17, 15) is 13.2 Å². The van der Waals surface area contributed by atoms with Crippen molar-refractivity contribution < 1.29 is 13.2 Å². The Kier molecular flexibility index (Phi) is 6.62. The van der Waals surface area contributed by atoms with Crippen LogP contribution in [0.15, 0.2) is 30.3 Å². The van der Waals surface area contributed by atoms with Crippen LogP contribution in [0.4, 0.5) is 5.69 Å². The van der Waals surface area contributed by atoms with E-state index >= 15 is 0 Å². The third-order valence-electron chi connectivity index (χ3n) is 4.39. The zero-order chi connectivity index (χ0) is 17.6. The highest BCUT2D eigenvalue weighted by Crippen LogP contribution is 2.18. The van der Waals surface area contributed by atoms with Gasteiger partial charge in [-0.15, -0.1) is 0 Å². The Morgan fingerprint density at radius 3 is 2.71 bits per heavy atom. The molecule has 24 heavy (non-hydrogen) atoms. The topological polar surface area (TPSA) is 69.7 Å². The summed E-state index contributed by atoms with van der Waals surface area (Å²) in [4.78, 5) is 14.4. The Hall–Kier alpha value is -1.60. The predicted octanol–water partition coefficient (Wildman–Crippen LogP) is 1.30. The number of rotatable bonds is 7. The van der Waals surface area contributed by atoms with Crippen molar-refractivity contribution in [3.8, 4) is 0 Å². The number of benzene rings is 1. The summed E-state index contributed by atoms with van der Waals surface area (Å²) < 4.78 is 24.6. The molecule has 1 saturated heterocycles. The summed E-state index contributed by atoms with van der Waals surface area (Å²) in [5.41, 5.74) is 1.15. The number of carbonyl (C=O) groups excluding carboxylic acids is 1. The minimum absolute atomic E-state index is 0.0364. The molecular weight excluding hydrogens is 326 g/mol. The molecule has 0 aliphatic carbocycles. The Labute approximate surface area is 144 Å². The zero-order valence-corrected chi connectivity index (χ0v) is 15.3. The summed E-state index contributed by atoms with van der Waals surface area (Å²) in [6.45, 7) is 2.27. The van der Waals surface area contributed by atoms with Crippen molar-refractivity contribution >= 4 is 21.6 Å².